The largest absolute Gasteiger partial charge is 0.459 e. The van der Waals surface area contributed by atoms with Gasteiger partial charge in [-0.15, -0.1) is 0 Å². The van der Waals surface area contributed by atoms with Crippen molar-refractivity contribution in [2.45, 2.75) is 32.0 Å². The maximum atomic E-state index is 13.1. The number of carbonyl (C=O) groups excluding carboxylic acids is 1. The summed E-state index contributed by atoms with van der Waals surface area (Å²) in [5, 5.41) is 12.2. The monoisotopic (exact) mass is 440 g/mol. The lowest BCUT2D eigenvalue weighted by molar-refractivity contribution is -0.165. The average Bonchev–Trinajstić information content (AvgIpc) is 3.27. The summed E-state index contributed by atoms with van der Waals surface area (Å²) in [7, 11) is 0. The highest BCUT2D eigenvalue weighted by Gasteiger charge is 2.38. The fourth-order valence-corrected chi connectivity index (χ4v) is 4.06. The van der Waals surface area contributed by atoms with Crippen LogP contribution in [0.25, 0.3) is 0 Å². The van der Waals surface area contributed by atoms with E-state index in [4.69, 9.17) is 24.7 Å². The van der Waals surface area contributed by atoms with Gasteiger partial charge in [-0.2, -0.15) is 0 Å². The number of hydrogen-bond donors (Lipinski definition) is 3. The van der Waals surface area contributed by atoms with Gasteiger partial charge >= 0.3 is 0 Å². The van der Waals surface area contributed by atoms with Crippen molar-refractivity contribution in [3.8, 4) is 11.5 Å². The number of anilines is 2. The van der Waals surface area contributed by atoms with Gasteiger partial charge in [0.15, 0.2) is 17.3 Å². The molecule has 4 rings (SSSR count). The third-order valence-electron chi connectivity index (χ3n) is 5.63. The molecule has 0 spiro atoms. The highest BCUT2D eigenvalue weighted by molar-refractivity contribution is 6.04. The van der Waals surface area contributed by atoms with E-state index in [0.29, 0.717) is 42.3 Å². The first-order chi connectivity index (χ1) is 15.6. The standard InChI is InChI=1S/C24H28N2O6/c1-2-29-24-16(6-5-11-27)17(15-9-10-20-21(12-15)31-14-30-20)13-22(32-24)23(28)26-19-8-4-3-7-18(19)25/h3-4,7-10,12-13,16-17,24,27H,2,5-6,11,14,25H2,1H3,(H,26,28)/t16-,17-,24-/m0/s1. The van der Waals surface area contributed by atoms with Gasteiger partial charge < -0.3 is 35.1 Å². The summed E-state index contributed by atoms with van der Waals surface area (Å²) in [6, 6.07) is 12.8. The van der Waals surface area contributed by atoms with Crippen molar-refractivity contribution < 1.29 is 28.8 Å². The summed E-state index contributed by atoms with van der Waals surface area (Å²) >= 11 is 0. The molecule has 2 aliphatic rings. The number of benzene rings is 2. The van der Waals surface area contributed by atoms with E-state index >= 15 is 0 Å². The molecule has 3 atom stereocenters. The minimum atomic E-state index is -0.638. The van der Waals surface area contributed by atoms with Crippen molar-refractivity contribution in [3.05, 3.63) is 59.9 Å². The van der Waals surface area contributed by atoms with Crippen molar-refractivity contribution in [1.82, 2.24) is 0 Å². The molecule has 0 bridgehead atoms. The quantitative estimate of drug-likeness (QED) is 0.540. The Morgan fingerprint density at radius 1 is 1.22 bits per heavy atom. The molecule has 0 unspecified atom stereocenters. The Morgan fingerprint density at radius 3 is 2.81 bits per heavy atom. The van der Waals surface area contributed by atoms with Gasteiger partial charge in [0, 0.05) is 25.0 Å². The lowest BCUT2D eigenvalue weighted by Crippen LogP contribution is -2.37. The molecule has 170 valence electrons. The second-order valence-electron chi connectivity index (χ2n) is 7.68. The van der Waals surface area contributed by atoms with E-state index in [9.17, 15) is 9.90 Å². The minimum absolute atomic E-state index is 0.0630. The molecule has 0 radical (unpaired) electrons. The van der Waals surface area contributed by atoms with Crippen LogP contribution in [-0.4, -0.2) is 37.3 Å². The summed E-state index contributed by atoms with van der Waals surface area (Å²) < 4.78 is 22.9. The molecule has 8 nitrogen and oxygen atoms in total. The number of carbonyl (C=O) groups is 1. The van der Waals surface area contributed by atoms with Gasteiger partial charge in [0.25, 0.3) is 5.91 Å². The first-order valence-corrected chi connectivity index (χ1v) is 10.8. The van der Waals surface area contributed by atoms with Gasteiger partial charge in [0.05, 0.1) is 11.4 Å². The normalized spacial score (nSPS) is 21.6. The maximum absolute atomic E-state index is 13.1. The third-order valence-corrected chi connectivity index (χ3v) is 5.63. The van der Waals surface area contributed by atoms with Crippen LogP contribution < -0.4 is 20.5 Å². The smallest absolute Gasteiger partial charge is 0.290 e. The number of aliphatic hydroxyl groups excluding tert-OH is 1. The molecule has 4 N–H and O–H groups in total. The number of amides is 1. The lowest BCUT2D eigenvalue weighted by atomic mass is 9.80. The molecule has 1 amide bonds. The molecule has 0 saturated carbocycles. The Hall–Kier alpha value is -3.23. The Kier molecular flexibility index (Phi) is 6.82. The van der Waals surface area contributed by atoms with E-state index in [2.05, 4.69) is 5.32 Å². The van der Waals surface area contributed by atoms with Gasteiger partial charge in [0.1, 0.15) is 0 Å². The second kappa shape index (κ2) is 9.93. The number of allylic oxidation sites excluding steroid dienone is 1. The van der Waals surface area contributed by atoms with Crippen LogP contribution in [0.2, 0.25) is 0 Å². The molecule has 0 saturated heterocycles. The molecule has 8 heteroatoms. The van der Waals surface area contributed by atoms with Gasteiger partial charge in [-0.25, -0.2) is 0 Å². The van der Waals surface area contributed by atoms with Gasteiger partial charge in [-0.05, 0) is 55.7 Å². The van der Waals surface area contributed by atoms with Crippen LogP contribution in [0.5, 0.6) is 11.5 Å². The predicted octanol–water partition coefficient (Wildman–Crippen LogP) is 3.39. The number of fused-ring (bicyclic) bond motifs is 1. The van der Waals surface area contributed by atoms with Crippen LogP contribution in [0, 0.1) is 5.92 Å². The van der Waals surface area contributed by atoms with Gasteiger partial charge in [0.2, 0.25) is 13.1 Å². The highest BCUT2D eigenvalue weighted by atomic mass is 16.7. The van der Waals surface area contributed by atoms with Crippen LogP contribution in [0.1, 0.15) is 31.2 Å². The number of nitrogen functional groups attached to an aromatic ring is 1. The van der Waals surface area contributed by atoms with Crippen molar-refractivity contribution in [3.63, 3.8) is 0 Å². The zero-order valence-corrected chi connectivity index (χ0v) is 18.0. The molecular weight excluding hydrogens is 412 g/mol. The van der Waals surface area contributed by atoms with E-state index < -0.39 is 12.2 Å². The predicted molar refractivity (Wildman–Crippen MR) is 119 cm³/mol. The SMILES string of the molecule is CCO[C@H]1OC(C(=O)Nc2ccccc2N)=C[C@@H](c2ccc3c(c2)OCO3)[C@@H]1CCCO. The molecular formula is C24H28N2O6. The number of hydrogen-bond acceptors (Lipinski definition) is 7. The van der Waals surface area contributed by atoms with E-state index in [0.717, 1.165) is 5.56 Å². The van der Waals surface area contributed by atoms with E-state index in [-0.39, 0.29) is 31.0 Å². The van der Waals surface area contributed by atoms with Crippen LogP contribution in [0.4, 0.5) is 11.4 Å². The molecule has 2 aromatic carbocycles. The molecule has 2 aromatic rings. The van der Waals surface area contributed by atoms with Crippen molar-refractivity contribution in [2.24, 2.45) is 5.92 Å². The number of nitrogens with two attached hydrogens (primary N) is 1. The second-order valence-corrected chi connectivity index (χ2v) is 7.68. The molecule has 32 heavy (non-hydrogen) atoms. The average molecular weight is 440 g/mol. The Bertz CT molecular complexity index is 992. The van der Waals surface area contributed by atoms with Gasteiger partial charge in [-0.3, -0.25) is 4.79 Å². The van der Waals surface area contributed by atoms with Crippen LogP contribution >= 0.6 is 0 Å². The molecule has 0 aliphatic carbocycles. The molecule has 2 aliphatic heterocycles. The first kappa shape index (κ1) is 22.0. The summed E-state index contributed by atoms with van der Waals surface area (Å²) in [6.07, 6.45) is 2.43. The first-order valence-electron chi connectivity index (χ1n) is 10.8. The molecule has 0 aromatic heterocycles. The summed E-state index contributed by atoms with van der Waals surface area (Å²) in [4.78, 5) is 13.1. The van der Waals surface area contributed by atoms with E-state index in [1.165, 1.54) is 0 Å². The zero-order valence-electron chi connectivity index (χ0n) is 18.0. The Labute approximate surface area is 186 Å². The van der Waals surface area contributed by atoms with Crippen molar-refractivity contribution in [1.29, 1.82) is 0 Å². The van der Waals surface area contributed by atoms with Gasteiger partial charge in [-0.1, -0.05) is 18.2 Å². The van der Waals surface area contributed by atoms with Crippen molar-refractivity contribution in [2.75, 3.05) is 31.1 Å². The number of nitrogens with one attached hydrogen (secondary N) is 1. The summed E-state index contributed by atoms with van der Waals surface area (Å²) in [5.41, 5.74) is 7.90. The minimum Gasteiger partial charge on any atom is -0.459 e. The summed E-state index contributed by atoms with van der Waals surface area (Å²) in [5.74, 6) is 0.833. The Morgan fingerprint density at radius 2 is 2.03 bits per heavy atom. The van der Waals surface area contributed by atoms with E-state index in [1.807, 2.05) is 31.2 Å². The fraction of sp³-hybridized carbons (Fsp3) is 0.375. The molecule has 2 heterocycles. The third kappa shape index (κ3) is 4.66. The number of para-hydroxylation sites is 2. The number of rotatable bonds is 8. The Balaban J connectivity index is 1.68. The fourth-order valence-electron chi connectivity index (χ4n) is 4.06. The topological polar surface area (TPSA) is 112 Å². The van der Waals surface area contributed by atoms with Crippen molar-refractivity contribution >= 4 is 17.3 Å². The zero-order chi connectivity index (χ0) is 22.5. The number of aliphatic hydroxyl groups is 1. The van der Waals surface area contributed by atoms with Crippen LogP contribution in [0.3, 0.4) is 0 Å². The number of ether oxygens (including phenoxy) is 4. The molecule has 0 fully saturated rings. The maximum Gasteiger partial charge on any atom is 0.290 e. The van der Waals surface area contributed by atoms with E-state index in [1.54, 1.807) is 24.3 Å². The van der Waals surface area contributed by atoms with Crippen LogP contribution in [-0.2, 0) is 14.3 Å². The summed E-state index contributed by atoms with van der Waals surface area (Å²) in [6.45, 7) is 2.55. The lowest BCUT2D eigenvalue weighted by Gasteiger charge is -2.37. The highest BCUT2D eigenvalue weighted by Crippen LogP contribution is 2.43. The van der Waals surface area contributed by atoms with Crippen LogP contribution in [0.15, 0.2) is 54.3 Å².